The Morgan fingerprint density at radius 1 is 0.967 bits per heavy atom. The van der Waals surface area contributed by atoms with Gasteiger partial charge < -0.3 is 10.1 Å². The van der Waals surface area contributed by atoms with Crippen LogP contribution >= 0.6 is 0 Å². The summed E-state index contributed by atoms with van der Waals surface area (Å²) in [6, 6.07) is 9.73. The van der Waals surface area contributed by atoms with E-state index in [1.165, 1.54) is 23.1 Å². The molecule has 0 bridgehead atoms. The van der Waals surface area contributed by atoms with E-state index in [1.807, 2.05) is 32.9 Å². The highest BCUT2D eigenvalue weighted by Gasteiger charge is 2.35. The summed E-state index contributed by atoms with van der Waals surface area (Å²) in [5.74, 6) is -1.97. The van der Waals surface area contributed by atoms with Gasteiger partial charge in [-0.25, -0.2) is 4.79 Å². The monoisotopic (exact) mass is 408 g/mol. The number of carbonyl (C=O) groups is 4. The van der Waals surface area contributed by atoms with Crippen LogP contribution in [0.3, 0.4) is 0 Å². The quantitative estimate of drug-likeness (QED) is 0.559. The average Bonchev–Trinajstić information content (AvgIpc) is 2.97. The lowest BCUT2D eigenvalue weighted by Gasteiger charge is -2.12. The molecule has 1 heterocycles. The van der Waals surface area contributed by atoms with Gasteiger partial charge in [0.2, 0.25) is 0 Å². The number of aryl methyl sites for hydroxylation is 2. The minimum atomic E-state index is -0.736. The van der Waals surface area contributed by atoms with Crippen LogP contribution in [-0.2, 0) is 9.53 Å². The van der Waals surface area contributed by atoms with E-state index in [0.717, 1.165) is 24.0 Å². The number of anilines is 1. The standard InChI is InChI=1S/C23H24N2O5/c1-4-5-10-25-21(27)18-9-7-16(12-19(18)22(25)28)23(29)30-13-20(26)24-17-8-6-14(2)15(3)11-17/h6-9,11-12H,4-5,10,13H2,1-3H3,(H,24,26). The molecule has 30 heavy (non-hydrogen) atoms. The van der Waals surface area contributed by atoms with E-state index < -0.39 is 24.4 Å². The Kier molecular flexibility index (Phi) is 6.30. The van der Waals surface area contributed by atoms with Crippen LogP contribution in [-0.4, -0.2) is 41.7 Å². The normalized spacial score (nSPS) is 12.7. The second kappa shape index (κ2) is 8.90. The number of esters is 1. The van der Waals surface area contributed by atoms with Crippen LogP contribution in [0, 0.1) is 13.8 Å². The molecule has 3 rings (SSSR count). The maximum atomic E-state index is 12.5. The zero-order chi connectivity index (χ0) is 21.8. The number of nitrogens with one attached hydrogen (secondary N) is 1. The Bertz CT molecular complexity index is 1030. The van der Waals surface area contributed by atoms with Crippen molar-refractivity contribution in [2.75, 3.05) is 18.5 Å². The Balaban J connectivity index is 1.62. The van der Waals surface area contributed by atoms with Gasteiger partial charge in [-0.3, -0.25) is 19.3 Å². The summed E-state index contributed by atoms with van der Waals surface area (Å²) in [6.07, 6.45) is 1.57. The molecule has 0 saturated heterocycles. The second-order valence-electron chi connectivity index (χ2n) is 7.30. The average molecular weight is 408 g/mol. The Morgan fingerprint density at radius 3 is 2.40 bits per heavy atom. The van der Waals surface area contributed by atoms with E-state index in [-0.39, 0.29) is 22.6 Å². The Hall–Kier alpha value is -3.48. The lowest BCUT2D eigenvalue weighted by molar-refractivity contribution is -0.119. The summed E-state index contributed by atoms with van der Waals surface area (Å²) in [7, 11) is 0. The molecule has 0 spiro atoms. The molecular weight excluding hydrogens is 384 g/mol. The summed E-state index contributed by atoms with van der Waals surface area (Å²) < 4.78 is 5.07. The molecule has 7 nitrogen and oxygen atoms in total. The summed E-state index contributed by atoms with van der Waals surface area (Å²) >= 11 is 0. The number of rotatable bonds is 7. The van der Waals surface area contributed by atoms with E-state index >= 15 is 0 Å². The molecule has 0 aromatic heterocycles. The van der Waals surface area contributed by atoms with E-state index in [1.54, 1.807) is 6.07 Å². The number of hydrogen-bond donors (Lipinski definition) is 1. The first-order valence-electron chi connectivity index (χ1n) is 9.86. The fraction of sp³-hybridized carbons (Fsp3) is 0.304. The molecule has 1 aliphatic heterocycles. The molecule has 2 aromatic carbocycles. The fourth-order valence-corrected chi connectivity index (χ4v) is 3.17. The molecule has 0 radical (unpaired) electrons. The van der Waals surface area contributed by atoms with Crippen molar-refractivity contribution >= 4 is 29.4 Å². The predicted octanol–water partition coefficient (Wildman–Crippen LogP) is 3.50. The van der Waals surface area contributed by atoms with Crippen molar-refractivity contribution in [2.45, 2.75) is 33.6 Å². The Morgan fingerprint density at radius 2 is 1.70 bits per heavy atom. The van der Waals surface area contributed by atoms with Crippen molar-refractivity contribution in [2.24, 2.45) is 0 Å². The highest BCUT2D eigenvalue weighted by atomic mass is 16.5. The summed E-state index contributed by atoms with van der Waals surface area (Å²) in [5, 5.41) is 2.68. The number of amides is 3. The topological polar surface area (TPSA) is 92.8 Å². The van der Waals surface area contributed by atoms with E-state index in [9.17, 15) is 19.2 Å². The lowest BCUT2D eigenvalue weighted by atomic mass is 10.1. The van der Waals surface area contributed by atoms with Gasteiger partial charge >= 0.3 is 5.97 Å². The molecule has 1 aliphatic rings. The van der Waals surface area contributed by atoms with E-state index in [0.29, 0.717) is 12.2 Å². The number of unbranched alkanes of at least 4 members (excludes halogenated alkanes) is 1. The van der Waals surface area contributed by atoms with Crippen molar-refractivity contribution in [1.29, 1.82) is 0 Å². The van der Waals surface area contributed by atoms with Crippen LogP contribution in [0.2, 0.25) is 0 Å². The van der Waals surface area contributed by atoms with Gasteiger partial charge in [-0.2, -0.15) is 0 Å². The van der Waals surface area contributed by atoms with E-state index in [2.05, 4.69) is 5.32 Å². The first-order valence-corrected chi connectivity index (χ1v) is 9.86. The number of imide groups is 1. The largest absolute Gasteiger partial charge is 0.452 e. The van der Waals surface area contributed by atoms with E-state index in [4.69, 9.17) is 4.74 Å². The van der Waals surface area contributed by atoms with Crippen LogP contribution in [0.1, 0.15) is 62.0 Å². The van der Waals surface area contributed by atoms with Crippen molar-refractivity contribution in [3.05, 3.63) is 64.2 Å². The first kappa shape index (κ1) is 21.2. The number of ether oxygens (including phenoxy) is 1. The summed E-state index contributed by atoms with van der Waals surface area (Å²) in [6.45, 7) is 5.77. The number of hydrogen-bond acceptors (Lipinski definition) is 5. The van der Waals surface area contributed by atoms with Crippen molar-refractivity contribution < 1.29 is 23.9 Å². The third kappa shape index (κ3) is 4.40. The molecule has 7 heteroatoms. The van der Waals surface area contributed by atoms with Crippen LogP contribution in [0.4, 0.5) is 5.69 Å². The van der Waals surface area contributed by atoms with Gasteiger partial charge in [0.25, 0.3) is 17.7 Å². The number of fused-ring (bicyclic) bond motifs is 1. The maximum Gasteiger partial charge on any atom is 0.338 e. The van der Waals surface area contributed by atoms with Crippen molar-refractivity contribution in [3.63, 3.8) is 0 Å². The van der Waals surface area contributed by atoms with Crippen LogP contribution < -0.4 is 5.32 Å². The highest BCUT2D eigenvalue weighted by Crippen LogP contribution is 2.24. The van der Waals surface area contributed by atoms with Crippen molar-refractivity contribution in [1.82, 2.24) is 4.90 Å². The van der Waals surface area contributed by atoms with Gasteiger partial charge in [-0.15, -0.1) is 0 Å². The number of benzene rings is 2. The van der Waals surface area contributed by atoms with Gasteiger partial charge in [-0.05, 0) is 61.7 Å². The molecule has 3 amide bonds. The first-order chi connectivity index (χ1) is 14.3. The lowest BCUT2D eigenvalue weighted by Crippen LogP contribution is -2.30. The van der Waals surface area contributed by atoms with Crippen LogP contribution in [0.15, 0.2) is 36.4 Å². The molecule has 0 fully saturated rings. The van der Waals surface area contributed by atoms with Crippen LogP contribution in [0.5, 0.6) is 0 Å². The number of carbonyl (C=O) groups excluding carboxylic acids is 4. The molecule has 2 aromatic rings. The molecule has 1 N–H and O–H groups in total. The van der Waals surface area contributed by atoms with Gasteiger partial charge in [0.05, 0.1) is 16.7 Å². The summed E-state index contributed by atoms with van der Waals surface area (Å²) in [5.41, 5.74) is 3.34. The minimum absolute atomic E-state index is 0.117. The van der Waals surface area contributed by atoms with Gasteiger partial charge in [0.15, 0.2) is 6.61 Å². The zero-order valence-electron chi connectivity index (χ0n) is 17.3. The third-order valence-corrected chi connectivity index (χ3v) is 5.07. The highest BCUT2D eigenvalue weighted by molar-refractivity contribution is 6.22. The minimum Gasteiger partial charge on any atom is -0.452 e. The maximum absolute atomic E-state index is 12.5. The second-order valence-corrected chi connectivity index (χ2v) is 7.30. The predicted molar refractivity (Wildman–Crippen MR) is 112 cm³/mol. The molecule has 156 valence electrons. The zero-order valence-corrected chi connectivity index (χ0v) is 17.3. The molecular formula is C23H24N2O5. The SMILES string of the molecule is CCCCN1C(=O)c2ccc(C(=O)OCC(=O)Nc3ccc(C)c(C)c3)cc2C1=O. The molecule has 0 unspecified atom stereocenters. The molecule has 0 atom stereocenters. The van der Waals surface area contributed by atoms with Crippen molar-refractivity contribution in [3.8, 4) is 0 Å². The van der Waals surface area contributed by atoms with Gasteiger partial charge in [-0.1, -0.05) is 19.4 Å². The van der Waals surface area contributed by atoms with Gasteiger partial charge in [0.1, 0.15) is 0 Å². The van der Waals surface area contributed by atoms with Crippen LogP contribution in [0.25, 0.3) is 0 Å². The summed E-state index contributed by atoms with van der Waals surface area (Å²) in [4.78, 5) is 50.5. The molecule has 0 saturated carbocycles. The smallest absolute Gasteiger partial charge is 0.338 e. The van der Waals surface area contributed by atoms with Gasteiger partial charge in [0, 0.05) is 12.2 Å². The Labute approximate surface area is 175 Å². The third-order valence-electron chi connectivity index (χ3n) is 5.07. The number of nitrogens with zero attached hydrogens (tertiary/aromatic N) is 1. The molecule has 0 aliphatic carbocycles. The fourth-order valence-electron chi connectivity index (χ4n) is 3.17.